The maximum Gasteiger partial charge on any atom is 0.321 e. The molecular formula is C25H30N6O3. The molecule has 3 heterocycles. The van der Waals surface area contributed by atoms with Crippen LogP contribution in [-0.4, -0.2) is 91.8 Å². The van der Waals surface area contributed by atoms with Crippen LogP contribution in [-0.2, 0) is 16.0 Å². The van der Waals surface area contributed by atoms with Crippen LogP contribution in [0.4, 0.5) is 5.95 Å². The van der Waals surface area contributed by atoms with Crippen molar-refractivity contribution in [3.8, 4) is 6.01 Å². The van der Waals surface area contributed by atoms with Crippen molar-refractivity contribution in [1.82, 2.24) is 19.9 Å². The van der Waals surface area contributed by atoms with Gasteiger partial charge in [0.1, 0.15) is 6.61 Å². The van der Waals surface area contributed by atoms with Crippen LogP contribution in [0.25, 0.3) is 10.8 Å². The van der Waals surface area contributed by atoms with Gasteiger partial charge in [0, 0.05) is 32.7 Å². The molecule has 0 N–H and O–H groups in total. The Morgan fingerprint density at radius 2 is 1.65 bits per heavy atom. The van der Waals surface area contributed by atoms with Gasteiger partial charge in [0.05, 0.1) is 39.2 Å². The molecule has 0 aliphatic carbocycles. The lowest BCUT2D eigenvalue weighted by atomic mass is 10.1. The number of hydrogen-bond acceptors (Lipinski definition) is 9. The largest absolute Gasteiger partial charge is 0.462 e. The van der Waals surface area contributed by atoms with E-state index in [1.165, 1.54) is 10.8 Å². The third kappa shape index (κ3) is 6.05. The van der Waals surface area contributed by atoms with Crippen molar-refractivity contribution in [3.05, 3.63) is 53.9 Å². The Morgan fingerprint density at radius 3 is 2.47 bits per heavy atom. The molecule has 5 rings (SSSR count). The fraction of sp³-hybridized carbons (Fsp3) is 0.440. The number of morpholine rings is 2. The predicted molar refractivity (Wildman–Crippen MR) is 131 cm³/mol. The van der Waals surface area contributed by atoms with Crippen LogP contribution < -0.4 is 9.64 Å². The van der Waals surface area contributed by atoms with Gasteiger partial charge >= 0.3 is 6.01 Å². The number of benzene rings is 2. The number of rotatable bonds is 8. The lowest BCUT2D eigenvalue weighted by Gasteiger charge is -2.27. The van der Waals surface area contributed by atoms with E-state index in [-0.39, 0.29) is 0 Å². The second kappa shape index (κ2) is 11.3. The van der Waals surface area contributed by atoms with E-state index in [9.17, 15) is 0 Å². The third-order valence-electron chi connectivity index (χ3n) is 5.95. The molecule has 0 radical (unpaired) electrons. The van der Waals surface area contributed by atoms with Gasteiger partial charge in [-0.25, -0.2) is 0 Å². The van der Waals surface area contributed by atoms with Crippen LogP contribution in [0.1, 0.15) is 11.4 Å². The fourth-order valence-electron chi connectivity index (χ4n) is 4.05. The molecule has 0 amide bonds. The van der Waals surface area contributed by atoms with Gasteiger partial charge in [0.25, 0.3) is 0 Å². The monoisotopic (exact) mass is 462 g/mol. The zero-order valence-electron chi connectivity index (χ0n) is 19.3. The molecule has 2 fully saturated rings. The number of aliphatic imine (C=N–C) groups is 1. The summed E-state index contributed by atoms with van der Waals surface area (Å²) in [5.74, 6) is 1.10. The van der Waals surface area contributed by atoms with Gasteiger partial charge in [-0.15, -0.1) is 0 Å². The second-order valence-corrected chi connectivity index (χ2v) is 8.33. The van der Waals surface area contributed by atoms with Crippen molar-refractivity contribution >= 4 is 22.9 Å². The Kier molecular flexibility index (Phi) is 7.54. The smallest absolute Gasteiger partial charge is 0.321 e. The summed E-state index contributed by atoms with van der Waals surface area (Å²) in [6.45, 7) is 8.06. The van der Waals surface area contributed by atoms with E-state index in [0.717, 1.165) is 51.5 Å². The topological polar surface area (TPSA) is 85.2 Å². The maximum absolute atomic E-state index is 5.93. The minimum absolute atomic E-state index is 0.330. The zero-order chi connectivity index (χ0) is 23.0. The molecule has 3 aromatic rings. The molecule has 9 nitrogen and oxygen atoms in total. The Hall–Kier alpha value is -3.14. The first kappa shape index (κ1) is 22.6. The van der Waals surface area contributed by atoms with Crippen molar-refractivity contribution in [2.75, 3.05) is 70.7 Å². The van der Waals surface area contributed by atoms with E-state index in [0.29, 0.717) is 44.1 Å². The van der Waals surface area contributed by atoms with Crippen molar-refractivity contribution in [2.45, 2.75) is 6.54 Å². The van der Waals surface area contributed by atoms with Gasteiger partial charge in [-0.2, -0.15) is 15.0 Å². The molecule has 0 atom stereocenters. The van der Waals surface area contributed by atoms with Crippen molar-refractivity contribution in [3.63, 3.8) is 0 Å². The Bertz CT molecular complexity index is 1110. The molecular weight excluding hydrogens is 432 g/mol. The SMILES string of the molecule is C(=NCc1ccc2ccccc2c1)c1nc(OCCN2CCOCC2)nc(N2CCOCC2)n1. The van der Waals surface area contributed by atoms with E-state index in [4.69, 9.17) is 14.2 Å². The minimum atomic E-state index is 0.330. The quantitative estimate of drug-likeness (QED) is 0.471. The molecule has 2 saturated heterocycles. The highest BCUT2D eigenvalue weighted by Crippen LogP contribution is 2.17. The summed E-state index contributed by atoms with van der Waals surface area (Å²) < 4.78 is 16.8. The standard InChI is InChI=1S/C25H30N6O3/c1-2-4-22-17-20(5-6-21(22)3-1)18-26-19-23-27-24(31-10-14-33-15-11-31)29-25(28-23)34-16-9-30-7-12-32-13-8-30/h1-6,17,19H,7-16,18H2. The number of aromatic nitrogens is 3. The first-order valence-corrected chi connectivity index (χ1v) is 11.8. The van der Waals surface area contributed by atoms with Crippen LogP contribution in [0, 0.1) is 0 Å². The average molecular weight is 463 g/mol. The van der Waals surface area contributed by atoms with Crippen molar-refractivity contribution in [2.24, 2.45) is 4.99 Å². The summed E-state index contributed by atoms with van der Waals surface area (Å²) in [6, 6.07) is 15.1. The van der Waals surface area contributed by atoms with Crippen molar-refractivity contribution < 1.29 is 14.2 Å². The van der Waals surface area contributed by atoms with Crippen molar-refractivity contribution in [1.29, 1.82) is 0 Å². The summed E-state index contributed by atoms with van der Waals surface area (Å²) in [4.78, 5) is 22.7. The van der Waals surface area contributed by atoms with Crippen LogP contribution in [0.5, 0.6) is 6.01 Å². The van der Waals surface area contributed by atoms with Gasteiger partial charge < -0.3 is 19.1 Å². The Morgan fingerprint density at radius 1 is 0.882 bits per heavy atom. The number of anilines is 1. The van der Waals surface area contributed by atoms with E-state index in [2.05, 4.69) is 60.1 Å². The van der Waals surface area contributed by atoms with Crippen LogP contribution in [0.3, 0.4) is 0 Å². The Balaban J connectivity index is 1.28. The average Bonchev–Trinajstić information content (AvgIpc) is 2.90. The molecule has 1 aromatic heterocycles. The first-order chi connectivity index (χ1) is 16.8. The molecule has 178 valence electrons. The zero-order valence-corrected chi connectivity index (χ0v) is 19.3. The van der Waals surface area contributed by atoms with Crippen LogP contribution in [0.2, 0.25) is 0 Å². The summed E-state index contributed by atoms with van der Waals surface area (Å²) in [5.41, 5.74) is 1.14. The second-order valence-electron chi connectivity index (χ2n) is 8.33. The third-order valence-corrected chi connectivity index (χ3v) is 5.95. The normalized spacial score (nSPS) is 17.5. The summed E-state index contributed by atoms with van der Waals surface area (Å²) in [6.07, 6.45) is 1.70. The number of nitrogens with zero attached hydrogens (tertiary/aromatic N) is 6. The molecule has 0 unspecified atom stereocenters. The molecule has 0 saturated carbocycles. The molecule has 2 aliphatic heterocycles. The van der Waals surface area contributed by atoms with Gasteiger partial charge in [-0.05, 0) is 22.4 Å². The van der Waals surface area contributed by atoms with Gasteiger partial charge in [-0.3, -0.25) is 9.89 Å². The minimum Gasteiger partial charge on any atom is -0.462 e. The van der Waals surface area contributed by atoms with Crippen LogP contribution in [0.15, 0.2) is 47.5 Å². The highest BCUT2D eigenvalue weighted by Gasteiger charge is 2.17. The van der Waals surface area contributed by atoms with Gasteiger partial charge in [0.2, 0.25) is 5.95 Å². The van der Waals surface area contributed by atoms with E-state index >= 15 is 0 Å². The summed E-state index contributed by atoms with van der Waals surface area (Å²) in [7, 11) is 0. The van der Waals surface area contributed by atoms with Crippen LogP contribution >= 0.6 is 0 Å². The number of hydrogen-bond donors (Lipinski definition) is 0. The van der Waals surface area contributed by atoms with Gasteiger partial charge in [-0.1, -0.05) is 36.4 Å². The molecule has 0 spiro atoms. The molecule has 9 heteroatoms. The number of ether oxygens (including phenoxy) is 3. The molecule has 34 heavy (non-hydrogen) atoms. The highest BCUT2D eigenvalue weighted by atomic mass is 16.5. The fourth-order valence-corrected chi connectivity index (χ4v) is 4.05. The van der Waals surface area contributed by atoms with E-state index in [1.54, 1.807) is 6.21 Å². The van der Waals surface area contributed by atoms with E-state index in [1.807, 2.05) is 12.1 Å². The lowest BCUT2D eigenvalue weighted by Crippen LogP contribution is -2.39. The van der Waals surface area contributed by atoms with Gasteiger partial charge in [0.15, 0.2) is 5.82 Å². The lowest BCUT2D eigenvalue weighted by molar-refractivity contribution is 0.0317. The molecule has 2 aromatic carbocycles. The summed E-state index contributed by atoms with van der Waals surface area (Å²) in [5, 5.41) is 2.43. The Labute approximate surface area is 199 Å². The first-order valence-electron chi connectivity index (χ1n) is 11.8. The summed E-state index contributed by atoms with van der Waals surface area (Å²) >= 11 is 0. The number of fused-ring (bicyclic) bond motifs is 1. The molecule has 0 bridgehead atoms. The van der Waals surface area contributed by atoms with E-state index < -0.39 is 0 Å². The highest BCUT2D eigenvalue weighted by molar-refractivity contribution is 5.83. The maximum atomic E-state index is 5.93. The predicted octanol–water partition coefficient (Wildman–Crippen LogP) is 2.19. The molecule has 2 aliphatic rings.